The number of fused-ring (bicyclic) bond motifs is 1. The summed E-state index contributed by atoms with van der Waals surface area (Å²) in [5.41, 5.74) is 6.16. The summed E-state index contributed by atoms with van der Waals surface area (Å²) in [5, 5.41) is 8.30. The monoisotopic (exact) mass is 335 g/mol. The molecule has 25 heavy (non-hydrogen) atoms. The molecule has 3 aromatic rings. The fraction of sp³-hybridized carbons (Fsp3) is 0.286. The quantitative estimate of drug-likeness (QED) is 0.711. The smallest absolute Gasteiger partial charge is 0.148 e. The Morgan fingerprint density at radius 1 is 1.04 bits per heavy atom. The lowest BCUT2D eigenvalue weighted by atomic mass is 10.00. The number of para-hydroxylation sites is 1. The fourth-order valence-electron chi connectivity index (χ4n) is 3.64. The second kappa shape index (κ2) is 6.36. The van der Waals surface area contributed by atoms with Gasteiger partial charge in [-0.2, -0.15) is 5.10 Å². The summed E-state index contributed by atoms with van der Waals surface area (Å²) in [6.07, 6.45) is 3.18. The Kier molecular flexibility index (Phi) is 4.04. The highest BCUT2D eigenvalue weighted by Crippen LogP contribution is 2.35. The summed E-state index contributed by atoms with van der Waals surface area (Å²) in [6.45, 7) is 5.09. The Balaban J connectivity index is 1.95. The lowest BCUT2D eigenvalue weighted by Crippen LogP contribution is -2.08. The third-order valence-corrected chi connectivity index (χ3v) is 4.71. The molecule has 0 aliphatic carbocycles. The molecular formula is C21H22FN3. The highest BCUT2D eigenvalue weighted by Gasteiger charge is 2.23. The van der Waals surface area contributed by atoms with Gasteiger partial charge in [0.1, 0.15) is 17.3 Å². The Labute approximate surface area is 147 Å². The number of nitrogens with one attached hydrogen (secondary N) is 1. The molecule has 0 saturated carbocycles. The van der Waals surface area contributed by atoms with Gasteiger partial charge in [-0.1, -0.05) is 29.3 Å². The molecule has 0 spiro atoms. The van der Waals surface area contributed by atoms with E-state index in [9.17, 15) is 4.39 Å². The number of benzene rings is 2. The summed E-state index contributed by atoms with van der Waals surface area (Å²) in [5.74, 6) is 0.669. The Morgan fingerprint density at radius 3 is 2.56 bits per heavy atom. The average molecular weight is 335 g/mol. The van der Waals surface area contributed by atoms with Gasteiger partial charge in [0.2, 0.25) is 0 Å². The van der Waals surface area contributed by atoms with Crippen molar-refractivity contribution < 1.29 is 4.39 Å². The normalized spacial score (nSPS) is 13.9. The summed E-state index contributed by atoms with van der Waals surface area (Å²) in [4.78, 5) is 0. The van der Waals surface area contributed by atoms with Crippen LogP contribution < -0.4 is 5.32 Å². The van der Waals surface area contributed by atoms with E-state index in [1.165, 1.54) is 22.8 Å². The zero-order valence-electron chi connectivity index (χ0n) is 14.6. The third kappa shape index (κ3) is 2.93. The number of aromatic nitrogens is 2. The van der Waals surface area contributed by atoms with E-state index in [1.807, 2.05) is 6.07 Å². The van der Waals surface area contributed by atoms with E-state index in [4.69, 9.17) is 5.10 Å². The highest BCUT2D eigenvalue weighted by molar-refractivity contribution is 5.72. The van der Waals surface area contributed by atoms with Gasteiger partial charge in [0.25, 0.3) is 0 Å². The molecule has 2 heterocycles. The van der Waals surface area contributed by atoms with Gasteiger partial charge in [-0.15, -0.1) is 0 Å². The predicted molar refractivity (Wildman–Crippen MR) is 99.9 cm³/mol. The maximum Gasteiger partial charge on any atom is 0.148 e. The van der Waals surface area contributed by atoms with E-state index < -0.39 is 0 Å². The van der Waals surface area contributed by atoms with Gasteiger partial charge in [-0.05, 0) is 57.4 Å². The van der Waals surface area contributed by atoms with E-state index in [1.54, 1.807) is 16.8 Å². The molecule has 1 aliphatic rings. The molecule has 0 radical (unpaired) electrons. The molecule has 0 amide bonds. The van der Waals surface area contributed by atoms with E-state index in [2.05, 4.69) is 37.4 Å². The Hall–Kier alpha value is -2.62. The number of hydrogen-bond donors (Lipinski definition) is 1. The lowest BCUT2D eigenvalue weighted by Gasteiger charge is -2.09. The van der Waals surface area contributed by atoms with Crippen LogP contribution in [0.1, 0.15) is 29.5 Å². The van der Waals surface area contributed by atoms with Crippen LogP contribution >= 0.6 is 0 Å². The van der Waals surface area contributed by atoms with Crippen LogP contribution in [0.2, 0.25) is 0 Å². The second-order valence-electron chi connectivity index (χ2n) is 6.80. The zero-order valence-corrected chi connectivity index (χ0v) is 14.6. The molecule has 128 valence electrons. The number of aryl methyl sites for hydroxylation is 2. The minimum atomic E-state index is -0.259. The molecule has 4 rings (SSSR count). The third-order valence-electron chi connectivity index (χ3n) is 4.71. The van der Waals surface area contributed by atoms with E-state index in [-0.39, 0.29) is 5.82 Å². The summed E-state index contributed by atoms with van der Waals surface area (Å²) in [6, 6.07) is 13.3. The molecule has 1 N–H and O–H groups in total. The molecule has 0 bridgehead atoms. The predicted octanol–water partition coefficient (Wildman–Crippen LogP) is 5.04. The van der Waals surface area contributed by atoms with Gasteiger partial charge in [-0.25, -0.2) is 9.07 Å². The first-order chi connectivity index (χ1) is 12.1. The van der Waals surface area contributed by atoms with Crippen molar-refractivity contribution in [2.45, 2.75) is 33.1 Å². The molecule has 0 fully saturated rings. The minimum Gasteiger partial charge on any atom is -0.370 e. The SMILES string of the molecule is Cc1cc(C)cc(-c2nn(-c3ccccc3F)c3c2CCCCN3)c1. The first kappa shape index (κ1) is 15.9. The van der Waals surface area contributed by atoms with Crippen LogP contribution in [-0.2, 0) is 6.42 Å². The van der Waals surface area contributed by atoms with Crippen molar-refractivity contribution in [1.82, 2.24) is 9.78 Å². The topological polar surface area (TPSA) is 29.9 Å². The van der Waals surface area contributed by atoms with Gasteiger partial charge < -0.3 is 5.32 Å². The van der Waals surface area contributed by atoms with Crippen LogP contribution in [0.5, 0.6) is 0 Å². The van der Waals surface area contributed by atoms with Gasteiger partial charge >= 0.3 is 0 Å². The first-order valence-corrected chi connectivity index (χ1v) is 8.83. The summed E-state index contributed by atoms with van der Waals surface area (Å²) < 4.78 is 16.1. The van der Waals surface area contributed by atoms with E-state index in [0.29, 0.717) is 5.69 Å². The van der Waals surface area contributed by atoms with Crippen molar-refractivity contribution in [3.05, 3.63) is 65.0 Å². The van der Waals surface area contributed by atoms with Gasteiger partial charge in [0.15, 0.2) is 0 Å². The minimum absolute atomic E-state index is 0.259. The Bertz CT molecular complexity index is 907. The van der Waals surface area contributed by atoms with Crippen LogP contribution in [0.4, 0.5) is 10.2 Å². The Morgan fingerprint density at radius 2 is 1.80 bits per heavy atom. The van der Waals surface area contributed by atoms with Crippen molar-refractivity contribution >= 4 is 5.82 Å². The average Bonchev–Trinajstić information content (AvgIpc) is 2.76. The van der Waals surface area contributed by atoms with Crippen LogP contribution in [0.3, 0.4) is 0 Å². The van der Waals surface area contributed by atoms with Crippen molar-refractivity contribution in [3.8, 4) is 16.9 Å². The molecule has 2 aromatic carbocycles. The highest BCUT2D eigenvalue weighted by atomic mass is 19.1. The maximum atomic E-state index is 14.4. The number of hydrogen-bond acceptors (Lipinski definition) is 2. The van der Waals surface area contributed by atoms with Crippen molar-refractivity contribution in [2.24, 2.45) is 0 Å². The first-order valence-electron chi connectivity index (χ1n) is 8.83. The van der Waals surface area contributed by atoms with Crippen molar-refractivity contribution in [1.29, 1.82) is 0 Å². The zero-order chi connectivity index (χ0) is 17.4. The number of halogens is 1. The number of nitrogens with zero attached hydrogens (tertiary/aromatic N) is 2. The molecule has 0 saturated heterocycles. The molecule has 1 aromatic heterocycles. The molecule has 1 aliphatic heterocycles. The summed E-state index contributed by atoms with van der Waals surface area (Å²) >= 11 is 0. The van der Waals surface area contributed by atoms with Gasteiger partial charge in [0, 0.05) is 17.7 Å². The maximum absolute atomic E-state index is 14.4. The van der Waals surface area contributed by atoms with Crippen molar-refractivity contribution in [2.75, 3.05) is 11.9 Å². The standard InChI is InChI=1S/C21H22FN3/c1-14-11-15(2)13-16(12-14)20-17-7-5-6-10-23-21(17)25(24-20)19-9-4-3-8-18(19)22/h3-4,8-9,11-13,23H,5-7,10H2,1-2H3. The van der Waals surface area contributed by atoms with E-state index >= 15 is 0 Å². The molecular weight excluding hydrogens is 313 g/mol. The largest absolute Gasteiger partial charge is 0.370 e. The second-order valence-corrected chi connectivity index (χ2v) is 6.80. The van der Waals surface area contributed by atoms with E-state index in [0.717, 1.165) is 42.9 Å². The number of anilines is 1. The van der Waals surface area contributed by atoms with Gasteiger partial charge in [0.05, 0.1) is 5.69 Å². The molecule has 0 unspecified atom stereocenters. The van der Waals surface area contributed by atoms with Crippen molar-refractivity contribution in [3.63, 3.8) is 0 Å². The molecule has 0 atom stereocenters. The van der Waals surface area contributed by atoms with Crippen LogP contribution in [-0.4, -0.2) is 16.3 Å². The van der Waals surface area contributed by atoms with Crippen LogP contribution in [0.25, 0.3) is 16.9 Å². The fourth-order valence-corrected chi connectivity index (χ4v) is 3.64. The molecule has 4 heteroatoms. The molecule has 3 nitrogen and oxygen atoms in total. The lowest BCUT2D eigenvalue weighted by molar-refractivity contribution is 0.611. The van der Waals surface area contributed by atoms with Gasteiger partial charge in [-0.3, -0.25) is 0 Å². The number of rotatable bonds is 2. The summed E-state index contributed by atoms with van der Waals surface area (Å²) in [7, 11) is 0. The van der Waals surface area contributed by atoms with Crippen LogP contribution in [0, 0.1) is 19.7 Å². The van der Waals surface area contributed by atoms with Crippen LogP contribution in [0.15, 0.2) is 42.5 Å².